The summed E-state index contributed by atoms with van der Waals surface area (Å²) in [4.78, 5) is 16.6. The van der Waals surface area contributed by atoms with E-state index in [2.05, 4.69) is 4.98 Å². The second-order valence-electron chi connectivity index (χ2n) is 4.17. The molecule has 0 radical (unpaired) electrons. The predicted octanol–water partition coefficient (Wildman–Crippen LogP) is 1.35. The number of methoxy groups -OCH3 is 1. The van der Waals surface area contributed by atoms with Gasteiger partial charge < -0.3 is 9.84 Å². The van der Waals surface area contributed by atoms with Gasteiger partial charge >= 0.3 is 0 Å². The molecule has 0 aliphatic carbocycles. The molecule has 0 unspecified atom stereocenters. The fourth-order valence-electron chi connectivity index (χ4n) is 1.94. The molecule has 5 heteroatoms. The average Bonchev–Trinajstić information content (AvgIpc) is 2.39. The summed E-state index contributed by atoms with van der Waals surface area (Å²) in [6, 6.07) is 5.20. The first kappa shape index (κ1) is 12.6. The van der Waals surface area contributed by atoms with Crippen LogP contribution in [0, 0.1) is 0 Å². The van der Waals surface area contributed by atoms with Gasteiger partial charge in [-0.2, -0.15) is 0 Å². The lowest BCUT2D eigenvalue weighted by atomic mass is 10.2. The zero-order valence-corrected chi connectivity index (χ0v) is 10.5. The van der Waals surface area contributed by atoms with Gasteiger partial charge in [0.05, 0.1) is 18.8 Å². The van der Waals surface area contributed by atoms with Crippen molar-refractivity contribution in [2.45, 2.75) is 19.4 Å². The number of aliphatic hydroxyl groups is 1. The average molecular weight is 248 g/mol. The highest BCUT2D eigenvalue weighted by molar-refractivity contribution is 5.83. The molecule has 0 spiro atoms. The first-order valence-electron chi connectivity index (χ1n) is 5.83. The minimum Gasteiger partial charge on any atom is -0.494 e. The molecule has 0 aliphatic heterocycles. The van der Waals surface area contributed by atoms with Crippen LogP contribution < -0.4 is 10.3 Å². The number of aliphatic hydroxyl groups excluding tert-OH is 1. The molecule has 2 aromatic rings. The number of hydrogen-bond acceptors (Lipinski definition) is 4. The first-order valence-corrected chi connectivity index (χ1v) is 5.83. The van der Waals surface area contributed by atoms with E-state index in [1.807, 2.05) is 6.92 Å². The Kier molecular flexibility index (Phi) is 3.62. The van der Waals surface area contributed by atoms with E-state index in [-0.39, 0.29) is 18.2 Å². The van der Waals surface area contributed by atoms with Crippen LogP contribution in [0.5, 0.6) is 5.75 Å². The van der Waals surface area contributed by atoms with Crippen molar-refractivity contribution >= 4 is 10.9 Å². The minimum absolute atomic E-state index is 0.0454. The number of para-hydroxylation sites is 1. The molecule has 0 aliphatic rings. The molecule has 2 rings (SSSR count). The van der Waals surface area contributed by atoms with Crippen molar-refractivity contribution in [2.75, 3.05) is 13.7 Å². The zero-order chi connectivity index (χ0) is 13.1. The molecule has 0 saturated heterocycles. The highest BCUT2D eigenvalue weighted by Crippen LogP contribution is 2.20. The second-order valence-corrected chi connectivity index (χ2v) is 4.17. The van der Waals surface area contributed by atoms with Crippen LogP contribution in [0.2, 0.25) is 0 Å². The summed E-state index contributed by atoms with van der Waals surface area (Å²) < 4.78 is 6.72. The summed E-state index contributed by atoms with van der Waals surface area (Å²) in [5.41, 5.74) is 0.456. The van der Waals surface area contributed by atoms with Crippen molar-refractivity contribution in [1.29, 1.82) is 0 Å². The van der Waals surface area contributed by atoms with Gasteiger partial charge in [-0.15, -0.1) is 0 Å². The van der Waals surface area contributed by atoms with Crippen molar-refractivity contribution in [1.82, 2.24) is 9.55 Å². The lowest BCUT2D eigenvalue weighted by Crippen LogP contribution is -2.24. The van der Waals surface area contributed by atoms with Crippen LogP contribution in [0.25, 0.3) is 10.9 Å². The maximum atomic E-state index is 12.3. The van der Waals surface area contributed by atoms with E-state index < -0.39 is 0 Å². The maximum absolute atomic E-state index is 12.3. The number of hydrogen-bond donors (Lipinski definition) is 1. The Morgan fingerprint density at radius 1 is 1.50 bits per heavy atom. The summed E-state index contributed by atoms with van der Waals surface area (Å²) >= 11 is 0. The van der Waals surface area contributed by atoms with Crippen molar-refractivity contribution in [3.63, 3.8) is 0 Å². The fourth-order valence-corrected chi connectivity index (χ4v) is 1.94. The van der Waals surface area contributed by atoms with Crippen molar-refractivity contribution in [2.24, 2.45) is 0 Å². The Bertz CT molecular complexity index is 607. The minimum atomic E-state index is -0.111. The Labute approximate surface area is 105 Å². The number of nitrogens with zero attached hydrogens (tertiary/aromatic N) is 2. The van der Waals surface area contributed by atoms with E-state index in [1.54, 1.807) is 25.3 Å². The molecular formula is C13H16N2O3. The molecule has 0 amide bonds. The topological polar surface area (TPSA) is 64.3 Å². The van der Waals surface area contributed by atoms with Crippen LogP contribution in [-0.4, -0.2) is 28.4 Å². The van der Waals surface area contributed by atoms with Gasteiger partial charge in [0.25, 0.3) is 5.56 Å². The fraction of sp³-hybridized carbons (Fsp3) is 0.385. The van der Waals surface area contributed by atoms with Gasteiger partial charge in [0.15, 0.2) is 0 Å². The Morgan fingerprint density at radius 3 is 2.94 bits per heavy atom. The Hall–Kier alpha value is -1.88. The van der Waals surface area contributed by atoms with Gasteiger partial charge in [-0.3, -0.25) is 9.36 Å². The highest BCUT2D eigenvalue weighted by atomic mass is 16.5. The smallest absolute Gasteiger partial charge is 0.261 e. The quantitative estimate of drug-likeness (QED) is 0.887. The predicted molar refractivity (Wildman–Crippen MR) is 69.0 cm³/mol. The van der Waals surface area contributed by atoms with Crippen molar-refractivity contribution < 1.29 is 9.84 Å². The number of fused-ring (bicyclic) bond motifs is 1. The van der Waals surface area contributed by atoms with E-state index in [0.717, 1.165) is 0 Å². The molecule has 1 N–H and O–H groups in total. The normalized spacial score (nSPS) is 12.6. The van der Waals surface area contributed by atoms with E-state index in [4.69, 9.17) is 9.84 Å². The molecule has 96 valence electrons. The third-order valence-electron chi connectivity index (χ3n) is 3.02. The molecule has 5 nitrogen and oxygen atoms in total. The number of ether oxygens (including phenoxy) is 1. The second kappa shape index (κ2) is 5.18. The van der Waals surface area contributed by atoms with Gasteiger partial charge in [0, 0.05) is 12.6 Å². The van der Waals surface area contributed by atoms with Gasteiger partial charge in [-0.05, 0) is 25.5 Å². The zero-order valence-electron chi connectivity index (χ0n) is 10.5. The molecule has 1 heterocycles. The van der Waals surface area contributed by atoms with Gasteiger partial charge in [-0.1, -0.05) is 6.07 Å². The van der Waals surface area contributed by atoms with Crippen LogP contribution in [0.15, 0.2) is 29.3 Å². The molecule has 18 heavy (non-hydrogen) atoms. The van der Waals surface area contributed by atoms with Gasteiger partial charge in [-0.25, -0.2) is 4.98 Å². The summed E-state index contributed by atoms with van der Waals surface area (Å²) in [6.07, 6.45) is 2.03. The standard InChI is InChI=1S/C13H16N2O3/c1-9(6-7-16)15-8-14-12-10(13(15)17)4-3-5-11(12)18-2/h3-5,8-9,16H,6-7H2,1-2H3/t9-/m1/s1. The van der Waals surface area contributed by atoms with Crippen LogP contribution in [0.3, 0.4) is 0 Å². The van der Waals surface area contributed by atoms with E-state index in [9.17, 15) is 4.79 Å². The van der Waals surface area contributed by atoms with E-state index in [0.29, 0.717) is 23.1 Å². The monoisotopic (exact) mass is 248 g/mol. The summed E-state index contributed by atoms with van der Waals surface area (Å²) in [7, 11) is 1.55. The van der Waals surface area contributed by atoms with Crippen molar-refractivity contribution in [3.8, 4) is 5.75 Å². The molecular weight excluding hydrogens is 232 g/mol. The number of rotatable bonds is 4. The lowest BCUT2D eigenvalue weighted by molar-refractivity contribution is 0.261. The molecule has 0 saturated carbocycles. The third-order valence-corrected chi connectivity index (χ3v) is 3.02. The highest BCUT2D eigenvalue weighted by Gasteiger charge is 2.11. The molecule has 1 atom stereocenters. The lowest BCUT2D eigenvalue weighted by Gasteiger charge is -2.14. The molecule has 0 bridgehead atoms. The maximum Gasteiger partial charge on any atom is 0.261 e. The summed E-state index contributed by atoms with van der Waals surface area (Å²) in [5.74, 6) is 0.589. The number of benzene rings is 1. The summed E-state index contributed by atoms with van der Waals surface area (Å²) in [5, 5.41) is 9.46. The van der Waals surface area contributed by atoms with Crippen LogP contribution in [0.4, 0.5) is 0 Å². The van der Waals surface area contributed by atoms with Crippen LogP contribution in [0.1, 0.15) is 19.4 Å². The molecule has 1 aromatic carbocycles. The third kappa shape index (κ3) is 2.09. The first-order chi connectivity index (χ1) is 8.69. The van der Waals surface area contributed by atoms with Gasteiger partial charge in [0.1, 0.15) is 11.3 Å². The summed E-state index contributed by atoms with van der Waals surface area (Å²) in [6.45, 7) is 1.93. The Balaban J connectivity index is 2.62. The van der Waals surface area contributed by atoms with Gasteiger partial charge in [0.2, 0.25) is 0 Å². The molecule has 0 fully saturated rings. The molecule has 1 aromatic heterocycles. The number of aromatic nitrogens is 2. The van der Waals surface area contributed by atoms with Crippen LogP contribution >= 0.6 is 0 Å². The van der Waals surface area contributed by atoms with E-state index in [1.165, 1.54) is 10.9 Å². The Morgan fingerprint density at radius 2 is 2.28 bits per heavy atom. The largest absolute Gasteiger partial charge is 0.494 e. The van der Waals surface area contributed by atoms with Crippen LogP contribution in [-0.2, 0) is 0 Å². The SMILES string of the molecule is COc1cccc2c(=O)n([C@H](C)CCO)cnc12. The van der Waals surface area contributed by atoms with E-state index >= 15 is 0 Å². The van der Waals surface area contributed by atoms with Crippen molar-refractivity contribution in [3.05, 3.63) is 34.9 Å².